The number of unbranched alkanes of at least 4 members (excludes halogenated alkanes) is 17. The Kier molecular flexibility index (Phi) is 19.8. The third kappa shape index (κ3) is 20.0. The van der Waals surface area contributed by atoms with Gasteiger partial charge in [-0.2, -0.15) is 0 Å². The highest BCUT2D eigenvalue weighted by Crippen LogP contribution is 2.52. The van der Waals surface area contributed by atoms with Crippen LogP contribution >= 0.6 is 7.60 Å². The molecule has 0 saturated heterocycles. The smallest absolute Gasteiger partial charge is 0.362 e. The van der Waals surface area contributed by atoms with E-state index in [1.165, 1.54) is 103 Å². The first-order valence-corrected chi connectivity index (χ1v) is 15.9. The van der Waals surface area contributed by atoms with Gasteiger partial charge in [-0.15, -0.1) is 0 Å². The van der Waals surface area contributed by atoms with Gasteiger partial charge in [-0.1, -0.05) is 109 Å². The molecule has 0 heterocycles. The Morgan fingerprint density at radius 2 is 1.00 bits per heavy atom. The summed E-state index contributed by atoms with van der Waals surface area (Å²) >= 11 is 0. The number of allylic oxidation sites excluding steroid dienone is 2. The van der Waals surface area contributed by atoms with Gasteiger partial charge in [0, 0.05) is 0 Å². The summed E-state index contributed by atoms with van der Waals surface area (Å²) < 4.78 is 12.1. The summed E-state index contributed by atoms with van der Waals surface area (Å²) in [6, 6.07) is 0. The summed E-state index contributed by atoms with van der Waals surface area (Å²) in [5, 5.41) is 8.65. The van der Waals surface area contributed by atoms with Gasteiger partial charge in [0.25, 0.3) is 0 Å². The molecule has 0 aliphatic carbocycles. The molecule has 0 saturated carbocycles. The topological polar surface area (TPSA) is 77.8 Å². The minimum Gasteiger partial charge on any atom is -0.373 e. The van der Waals surface area contributed by atoms with Crippen molar-refractivity contribution in [2.75, 3.05) is 27.7 Å². The van der Waals surface area contributed by atoms with Crippen molar-refractivity contribution in [3.8, 4) is 0 Å². The number of nitrogens with zero attached hydrogens (tertiary/aromatic N) is 1. The second-order valence-corrected chi connectivity index (χ2v) is 13.4. The van der Waals surface area contributed by atoms with Gasteiger partial charge in [0.2, 0.25) is 5.34 Å². The predicted octanol–water partition coefficient (Wildman–Crippen LogP) is 7.94. The third-order valence-corrected chi connectivity index (χ3v) is 8.06. The number of quaternary nitrogens is 1. The van der Waals surface area contributed by atoms with Crippen LogP contribution in [0.5, 0.6) is 0 Å². The molecule has 204 valence electrons. The zero-order valence-electron chi connectivity index (χ0n) is 23.1. The minimum atomic E-state index is -4.54. The van der Waals surface area contributed by atoms with E-state index in [0.29, 0.717) is 10.9 Å². The van der Waals surface area contributed by atoms with Gasteiger partial charge in [0.1, 0.15) is 6.54 Å². The zero-order chi connectivity index (χ0) is 25.8. The van der Waals surface area contributed by atoms with Crippen LogP contribution < -0.4 is 0 Å². The van der Waals surface area contributed by atoms with Crippen molar-refractivity contribution in [1.29, 1.82) is 0 Å². The molecular formula is C28H59NO4P+. The normalized spacial score (nSPS) is 14.7. The Morgan fingerprint density at radius 3 is 1.35 bits per heavy atom. The van der Waals surface area contributed by atoms with Gasteiger partial charge in [0.05, 0.1) is 21.1 Å². The molecule has 3 N–H and O–H groups in total. The van der Waals surface area contributed by atoms with Crippen LogP contribution in [0.25, 0.3) is 0 Å². The summed E-state index contributed by atoms with van der Waals surface area (Å²) in [6.45, 7) is 2.33. The lowest BCUT2D eigenvalue weighted by Gasteiger charge is -2.35. The fraction of sp³-hybridized carbons (Fsp3) is 0.929. The molecule has 1 unspecified atom stereocenters. The molecule has 0 bridgehead atoms. The van der Waals surface area contributed by atoms with E-state index in [1.807, 2.05) is 21.1 Å². The predicted molar refractivity (Wildman–Crippen MR) is 147 cm³/mol. The van der Waals surface area contributed by atoms with Gasteiger partial charge in [-0.3, -0.25) is 4.57 Å². The molecule has 0 aliphatic rings. The zero-order valence-corrected chi connectivity index (χ0v) is 24.0. The second kappa shape index (κ2) is 19.9. The third-order valence-electron chi connectivity index (χ3n) is 6.61. The van der Waals surface area contributed by atoms with Gasteiger partial charge in [0.15, 0.2) is 0 Å². The summed E-state index contributed by atoms with van der Waals surface area (Å²) in [4.78, 5) is 19.2. The average Bonchev–Trinajstić information content (AvgIpc) is 2.73. The average molecular weight is 505 g/mol. The molecule has 0 aromatic carbocycles. The second-order valence-electron chi connectivity index (χ2n) is 11.4. The van der Waals surface area contributed by atoms with Gasteiger partial charge in [-0.25, -0.2) is 0 Å². The van der Waals surface area contributed by atoms with Crippen molar-refractivity contribution < 1.29 is 23.9 Å². The van der Waals surface area contributed by atoms with Crippen molar-refractivity contribution in [3.05, 3.63) is 12.2 Å². The standard InChI is InChI=1S/C28H58NO4P/c1-5-6-7-8-9-10-11-12-13-14-15-16-17-18-19-20-21-22-23-24-25-26-28(30,34(31,32)33)27-29(2,3)4/h10-11,30H,5-9,12-27H2,1-4H3,(H-,31,32,33)/p+1/b11-10-. The molecule has 0 aliphatic heterocycles. The molecule has 0 radical (unpaired) electrons. The molecule has 0 fully saturated rings. The molecule has 0 aromatic heterocycles. The van der Waals surface area contributed by atoms with E-state index in [4.69, 9.17) is 0 Å². The number of rotatable bonds is 24. The number of likely N-dealkylation sites (N-methyl/N-ethyl adjacent to an activating group) is 1. The highest BCUT2D eigenvalue weighted by molar-refractivity contribution is 7.53. The van der Waals surface area contributed by atoms with Crippen molar-refractivity contribution in [1.82, 2.24) is 0 Å². The van der Waals surface area contributed by atoms with Crippen LogP contribution in [0.4, 0.5) is 0 Å². The maximum atomic E-state index is 11.8. The monoisotopic (exact) mass is 504 g/mol. The molecule has 0 amide bonds. The first-order chi connectivity index (χ1) is 16.0. The summed E-state index contributed by atoms with van der Waals surface area (Å²) in [6.07, 6.45) is 28.7. The lowest BCUT2D eigenvalue weighted by Crippen LogP contribution is -2.49. The van der Waals surface area contributed by atoms with Crippen molar-refractivity contribution in [2.45, 2.75) is 141 Å². The molecule has 6 heteroatoms. The summed E-state index contributed by atoms with van der Waals surface area (Å²) in [5.41, 5.74) is 0. The van der Waals surface area contributed by atoms with Crippen molar-refractivity contribution >= 4 is 7.60 Å². The summed E-state index contributed by atoms with van der Waals surface area (Å²) in [7, 11) is 0.987. The van der Waals surface area contributed by atoms with Crippen LogP contribution in [0, 0.1) is 0 Å². The van der Waals surface area contributed by atoms with Crippen LogP contribution in [-0.4, -0.2) is 52.4 Å². The van der Waals surface area contributed by atoms with Crippen LogP contribution in [0.15, 0.2) is 12.2 Å². The van der Waals surface area contributed by atoms with Crippen molar-refractivity contribution in [2.24, 2.45) is 0 Å². The largest absolute Gasteiger partial charge is 0.373 e. The molecular weight excluding hydrogens is 445 g/mol. The minimum absolute atomic E-state index is 0.0630. The highest BCUT2D eigenvalue weighted by Gasteiger charge is 2.48. The van der Waals surface area contributed by atoms with Crippen LogP contribution in [0.3, 0.4) is 0 Å². The highest BCUT2D eigenvalue weighted by atomic mass is 31.2. The Balaban J connectivity index is 3.51. The summed E-state index contributed by atoms with van der Waals surface area (Å²) in [5.74, 6) is 0. The quantitative estimate of drug-likeness (QED) is 0.0539. The van der Waals surface area contributed by atoms with E-state index >= 15 is 0 Å². The maximum absolute atomic E-state index is 11.8. The van der Waals surface area contributed by atoms with E-state index in [1.54, 1.807) is 0 Å². The van der Waals surface area contributed by atoms with E-state index in [9.17, 15) is 19.5 Å². The molecule has 1 atom stereocenters. The fourth-order valence-electron chi connectivity index (χ4n) is 4.62. The fourth-order valence-corrected chi connectivity index (χ4v) is 5.67. The Morgan fingerprint density at radius 1 is 0.647 bits per heavy atom. The first kappa shape index (κ1) is 33.8. The SMILES string of the molecule is CCCCCC/C=C\CCCCCCCCCCCCCCCC(O)(C[N+](C)(C)C)P(=O)(O)O. The van der Waals surface area contributed by atoms with Crippen molar-refractivity contribution in [3.63, 3.8) is 0 Å². The Labute approximate surface area is 212 Å². The van der Waals surface area contributed by atoms with E-state index in [2.05, 4.69) is 19.1 Å². The van der Waals surface area contributed by atoms with E-state index in [-0.39, 0.29) is 13.0 Å². The van der Waals surface area contributed by atoms with Gasteiger partial charge < -0.3 is 19.4 Å². The Hall–Kier alpha value is -0.190. The molecule has 34 heavy (non-hydrogen) atoms. The maximum Gasteiger partial charge on any atom is 0.362 e. The number of hydrogen-bond acceptors (Lipinski definition) is 2. The molecule has 0 aromatic rings. The molecule has 0 spiro atoms. The lowest BCUT2D eigenvalue weighted by atomic mass is 10.0. The van der Waals surface area contributed by atoms with Gasteiger partial charge in [-0.05, 0) is 38.5 Å². The number of aliphatic hydroxyl groups is 1. The number of hydrogen-bond donors (Lipinski definition) is 3. The molecule has 5 nitrogen and oxygen atoms in total. The van der Waals surface area contributed by atoms with Crippen LogP contribution in [0.2, 0.25) is 0 Å². The van der Waals surface area contributed by atoms with Crippen LogP contribution in [0.1, 0.15) is 135 Å². The van der Waals surface area contributed by atoms with Crippen LogP contribution in [-0.2, 0) is 4.57 Å². The Bertz CT molecular complexity index is 541. The lowest BCUT2D eigenvalue weighted by molar-refractivity contribution is -0.875. The van der Waals surface area contributed by atoms with Gasteiger partial charge >= 0.3 is 7.60 Å². The van der Waals surface area contributed by atoms with E-state index < -0.39 is 12.9 Å². The van der Waals surface area contributed by atoms with E-state index in [0.717, 1.165) is 12.8 Å². The molecule has 0 rings (SSSR count). The first-order valence-electron chi connectivity index (χ1n) is 14.3.